The Morgan fingerprint density at radius 3 is 2.78 bits per heavy atom. The number of nitrogens with one attached hydrogen (secondary N) is 1. The van der Waals surface area contributed by atoms with Crippen LogP contribution in [0.15, 0.2) is 42.6 Å². The lowest BCUT2D eigenvalue weighted by atomic mass is 10.1. The number of aromatic nitrogens is 2. The molecule has 1 aromatic carbocycles. The smallest absolute Gasteiger partial charge is 0.253 e. The molecule has 4 nitrogen and oxygen atoms in total. The highest BCUT2D eigenvalue weighted by atomic mass is 16.2. The van der Waals surface area contributed by atoms with Crippen LogP contribution in [-0.4, -0.2) is 34.4 Å². The van der Waals surface area contributed by atoms with E-state index in [1.807, 2.05) is 43.4 Å². The molecule has 0 spiro atoms. The van der Waals surface area contributed by atoms with Crippen molar-refractivity contribution in [3.05, 3.63) is 65.1 Å². The molecule has 1 N–H and O–H groups in total. The van der Waals surface area contributed by atoms with Crippen LogP contribution in [0.1, 0.15) is 27.3 Å². The van der Waals surface area contributed by atoms with Gasteiger partial charge in [0.05, 0.1) is 0 Å². The number of carbonyl (C=O) groups excluding carboxylic acids is 1. The number of benzene rings is 1. The zero-order valence-electron chi connectivity index (χ0n) is 13.8. The van der Waals surface area contributed by atoms with E-state index in [2.05, 4.69) is 23.8 Å². The number of nitrogens with zero attached hydrogens (tertiary/aromatic N) is 2. The standard InChI is InChI=1S/C19H21N3O/c1-13-14(2)21-18-8-7-15(12-17(13)18)19(23)22(3)11-9-16-6-4-5-10-20-16/h4-8,10,12,21H,9,11H2,1-3H3. The fraction of sp³-hybridized carbons (Fsp3) is 0.263. The SMILES string of the molecule is Cc1[nH]c2ccc(C(=O)N(C)CCc3ccccn3)cc2c1C. The normalized spacial score (nSPS) is 10.9. The number of hydrogen-bond donors (Lipinski definition) is 1. The summed E-state index contributed by atoms with van der Waals surface area (Å²) in [7, 11) is 1.84. The number of likely N-dealkylation sites (N-methyl/N-ethyl adjacent to an activating group) is 1. The molecule has 2 aromatic heterocycles. The number of carbonyl (C=O) groups is 1. The number of amides is 1. The molecule has 0 unspecified atom stereocenters. The van der Waals surface area contributed by atoms with Gasteiger partial charge in [0.1, 0.15) is 0 Å². The van der Waals surface area contributed by atoms with Crippen molar-refractivity contribution in [1.29, 1.82) is 0 Å². The molecule has 0 aliphatic heterocycles. The molecule has 3 rings (SSSR count). The van der Waals surface area contributed by atoms with Gasteiger partial charge in [0.25, 0.3) is 5.91 Å². The Kier molecular flexibility index (Phi) is 4.15. The monoisotopic (exact) mass is 307 g/mol. The Balaban J connectivity index is 1.75. The molecule has 2 heterocycles. The van der Waals surface area contributed by atoms with E-state index >= 15 is 0 Å². The van der Waals surface area contributed by atoms with Crippen molar-refractivity contribution in [2.24, 2.45) is 0 Å². The van der Waals surface area contributed by atoms with E-state index in [4.69, 9.17) is 0 Å². The van der Waals surface area contributed by atoms with Crippen molar-refractivity contribution in [2.45, 2.75) is 20.3 Å². The van der Waals surface area contributed by atoms with E-state index < -0.39 is 0 Å². The number of pyridine rings is 1. The minimum Gasteiger partial charge on any atom is -0.358 e. The number of H-pyrrole nitrogens is 1. The molecule has 0 bridgehead atoms. The van der Waals surface area contributed by atoms with Crippen molar-refractivity contribution in [3.8, 4) is 0 Å². The van der Waals surface area contributed by atoms with E-state index in [9.17, 15) is 4.79 Å². The molecule has 4 heteroatoms. The summed E-state index contributed by atoms with van der Waals surface area (Å²) < 4.78 is 0. The van der Waals surface area contributed by atoms with Crippen molar-refractivity contribution in [3.63, 3.8) is 0 Å². The lowest BCUT2D eigenvalue weighted by Crippen LogP contribution is -2.29. The van der Waals surface area contributed by atoms with E-state index in [0.29, 0.717) is 6.54 Å². The second kappa shape index (κ2) is 6.24. The first-order valence-corrected chi connectivity index (χ1v) is 7.80. The van der Waals surface area contributed by atoms with Gasteiger partial charge in [0.15, 0.2) is 0 Å². The number of rotatable bonds is 4. The summed E-state index contributed by atoms with van der Waals surface area (Å²) in [5, 5.41) is 1.12. The van der Waals surface area contributed by atoms with Crippen molar-refractivity contribution >= 4 is 16.8 Å². The minimum atomic E-state index is 0.0427. The van der Waals surface area contributed by atoms with Crippen molar-refractivity contribution in [2.75, 3.05) is 13.6 Å². The summed E-state index contributed by atoms with van der Waals surface area (Å²) in [4.78, 5) is 22.0. The van der Waals surface area contributed by atoms with Gasteiger partial charge in [-0.15, -0.1) is 0 Å². The van der Waals surface area contributed by atoms with E-state index in [1.54, 1.807) is 11.1 Å². The molecule has 0 saturated carbocycles. The fourth-order valence-corrected chi connectivity index (χ4v) is 2.74. The fourth-order valence-electron chi connectivity index (χ4n) is 2.74. The first kappa shape index (κ1) is 15.3. The molecular weight excluding hydrogens is 286 g/mol. The summed E-state index contributed by atoms with van der Waals surface area (Å²) in [5.41, 5.74) is 5.15. The minimum absolute atomic E-state index is 0.0427. The average Bonchev–Trinajstić information content (AvgIpc) is 2.87. The zero-order valence-corrected chi connectivity index (χ0v) is 13.8. The molecule has 0 aliphatic carbocycles. The van der Waals surface area contributed by atoms with Crippen LogP contribution in [0.4, 0.5) is 0 Å². The number of hydrogen-bond acceptors (Lipinski definition) is 2. The third-order valence-electron chi connectivity index (χ3n) is 4.33. The second-order valence-electron chi connectivity index (χ2n) is 5.93. The van der Waals surface area contributed by atoms with Crippen LogP contribution in [0.2, 0.25) is 0 Å². The number of fused-ring (bicyclic) bond motifs is 1. The summed E-state index contributed by atoms with van der Waals surface area (Å²) in [6.07, 6.45) is 2.54. The Labute approximate surface area is 136 Å². The van der Waals surface area contributed by atoms with Gasteiger partial charge in [-0.3, -0.25) is 9.78 Å². The van der Waals surface area contributed by atoms with Crippen LogP contribution >= 0.6 is 0 Å². The van der Waals surface area contributed by atoms with Crippen LogP contribution in [0.3, 0.4) is 0 Å². The molecular formula is C19H21N3O. The molecule has 0 saturated heterocycles. The maximum atomic E-state index is 12.6. The van der Waals surface area contributed by atoms with Crippen LogP contribution in [0.5, 0.6) is 0 Å². The lowest BCUT2D eigenvalue weighted by molar-refractivity contribution is 0.0796. The predicted octanol–water partition coefficient (Wildman–Crippen LogP) is 3.49. The van der Waals surface area contributed by atoms with Crippen LogP contribution in [0.25, 0.3) is 10.9 Å². The third-order valence-corrected chi connectivity index (χ3v) is 4.33. The number of aryl methyl sites for hydroxylation is 2. The summed E-state index contributed by atoms with van der Waals surface area (Å²) in [6, 6.07) is 11.7. The van der Waals surface area contributed by atoms with Crippen LogP contribution < -0.4 is 0 Å². The van der Waals surface area contributed by atoms with Crippen LogP contribution in [-0.2, 0) is 6.42 Å². The highest BCUT2D eigenvalue weighted by Crippen LogP contribution is 2.22. The molecule has 1 amide bonds. The van der Waals surface area contributed by atoms with E-state index in [-0.39, 0.29) is 5.91 Å². The molecule has 118 valence electrons. The summed E-state index contributed by atoms with van der Waals surface area (Å²) in [6.45, 7) is 4.78. The zero-order chi connectivity index (χ0) is 16.4. The topological polar surface area (TPSA) is 49.0 Å². The van der Waals surface area contributed by atoms with Gasteiger partial charge in [-0.1, -0.05) is 6.07 Å². The number of aromatic amines is 1. The highest BCUT2D eigenvalue weighted by Gasteiger charge is 2.14. The Morgan fingerprint density at radius 2 is 2.04 bits per heavy atom. The largest absolute Gasteiger partial charge is 0.358 e. The Bertz CT molecular complexity index is 836. The maximum absolute atomic E-state index is 12.6. The first-order valence-electron chi connectivity index (χ1n) is 7.80. The maximum Gasteiger partial charge on any atom is 0.253 e. The molecule has 23 heavy (non-hydrogen) atoms. The van der Waals surface area contributed by atoms with Gasteiger partial charge in [-0.2, -0.15) is 0 Å². The van der Waals surface area contributed by atoms with E-state index in [1.165, 1.54) is 5.56 Å². The molecule has 3 aromatic rings. The quantitative estimate of drug-likeness (QED) is 0.802. The lowest BCUT2D eigenvalue weighted by Gasteiger charge is -2.17. The third kappa shape index (κ3) is 3.11. The van der Waals surface area contributed by atoms with Crippen molar-refractivity contribution < 1.29 is 4.79 Å². The van der Waals surface area contributed by atoms with Gasteiger partial charge < -0.3 is 9.88 Å². The van der Waals surface area contributed by atoms with Gasteiger partial charge >= 0.3 is 0 Å². The van der Waals surface area contributed by atoms with Gasteiger partial charge in [-0.05, 0) is 49.7 Å². The van der Waals surface area contributed by atoms with Crippen LogP contribution in [0, 0.1) is 13.8 Å². The molecule has 0 atom stereocenters. The predicted molar refractivity (Wildman–Crippen MR) is 92.7 cm³/mol. The first-order chi connectivity index (χ1) is 11.1. The Morgan fingerprint density at radius 1 is 1.22 bits per heavy atom. The molecule has 0 fully saturated rings. The van der Waals surface area contributed by atoms with Gasteiger partial charge in [0.2, 0.25) is 0 Å². The average molecular weight is 307 g/mol. The summed E-state index contributed by atoms with van der Waals surface area (Å²) >= 11 is 0. The molecule has 0 aliphatic rings. The summed E-state index contributed by atoms with van der Waals surface area (Å²) in [5.74, 6) is 0.0427. The van der Waals surface area contributed by atoms with Crippen molar-refractivity contribution in [1.82, 2.24) is 14.9 Å². The van der Waals surface area contributed by atoms with E-state index in [0.717, 1.165) is 34.3 Å². The second-order valence-corrected chi connectivity index (χ2v) is 5.93. The highest BCUT2D eigenvalue weighted by molar-refractivity contribution is 5.98. The van der Waals surface area contributed by atoms with Gasteiger partial charge in [-0.25, -0.2) is 0 Å². The molecule has 0 radical (unpaired) electrons. The van der Waals surface area contributed by atoms with Gasteiger partial charge in [0, 0.05) is 54.1 Å². The Hall–Kier alpha value is -2.62.